The molecule has 1 N–H and O–H groups in total. The van der Waals surface area contributed by atoms with Gasteiger partial charge in [0.15, 0.2) is 0 Å². The van der Waals surface area contributed by atoms with Crippen LogP contribution in [0.2, 0.25) is 5.02 Å². The van der Waals surface area contributed by atoms with Crippen molar-refractivity contribution in [2.75, 3.05) is 37.7 Å². The average molecular weight is 400 g/mol. The molecule has 4 rings (SSSR count). The van der Waals surface area contributed by atoms with Gasteiger partial charge in [-0.05, 0) is 42.7 Å². The van der Waals surface area contributed by atoms with E-state index in [1.54, 1.807) is 0 Å². The van der Waals surface area contributed by atoms with Crippen molar-refractivity contribution in [1.29, 1.82) is 0 Å². The Morgan fingerprint density at radius 3 is 2.43 bits per heavy atom. The van der Waals surface area contributed by atoms with Crippen LogP contribution in [-0.2, 0) is 4.74 Å². The third-order valence-corrected chi connectivity index (χ3v) is 5.79. The van der Waals surface area contributed by atoms with Gasteiger partial charge in [-0.1, -0.05) is 41.9 Å². The molecule has 0 radical (unpaired) electrons. The third-order valence-electron chi connectivity index (χ3n) is 5.54. The van der Waals surface area contributed by atoms with E-state index in [-0.39, 0.29) is 18.2 Å². The van der Waals surface area contributed by atoms with E-state index < -0.39 is 0 Å². The molecule has 0 aromatic heterocycles. The van der Waals surface area contributed by atoms with Crippen molar-refractivity contribution >= 4 is 23.3 Å². The van der Waals surface area contributed by atoms with Gasteiger partial charge in [0.05, 0.1) is 13.2 Å². The molecule has 0 aliphatic carbocycles. The number of nitrogens with zero attached hydrogens (tertiary/aromatic N) is 2. The summed E-state index contributed by atoms with van der Waals surface area (Å²) in [5.41, 5.74) is 2.31. The average Bonchev–Trinajstić information content (AvgIpc) is 2.75. The number of carbonyl (C=O) groups excluding carboxylic acids is 1. The molecule has 0 spiro atoms. The van der Waals surface area contributed by atoms with Crippen LogP contribution in [0.5, 0.6) is 0 Å². The molecule has 2 heterocycles. The van der Waals surface area contributed by atoms with Gasteiger partial charge in [-0.3, -0.25) is 0 Å². The zero-order valence-electron chi connectivity index (χ0n) is 15.9. The fraction of sp³-hybridized carbons (Fsp3) is 0.409. The number of morpholine rings is 1. The summed E-state index contributed by atoms with van der Waals surface area (Å²) in [6, 6.07) is 18.4. The minimum atomic E-state index is -0.100. The van der Waals surface area contributed by atoms with Crippen LogP contribution in [-0.4, -0.2) is 49.8 Å². The minimum absolute atomic E-state index is 0.0143. The lowest BCUT2D eigenvalue weighted by Gasteiger charge is -2.37. The van der Waals surface area contributed by atoms with Crippen LogP contribution in [0, 0.1) is 0 Å². The van der Waals surface area contributed by atoms with Crippen LogP contribution >= 0.6 is 11.6 Å². The van der Waals surface area contributed by atoms with Gasteiger partial charge in [-0.2, -0.15) is 0 Å². The van der Waals surface area contributed by atoms with Crippen molar-refractivity contribution in [1.82, 2.24) is 10.2 Å². The van der Waals surface area contributed by atoms with E-state index in [0.717, 1.165) is 31.5 Å². The summed E-state index contributed by atoms with van der Waals surface area (Å²) < 4.78 is 5.87. The Hall–Kier alpha value is -2.24. The van der Waals surface area contributed by atoms with Gasteiger partial charge < -0.3 is 19.9 Å². The highest BCUT2D eigenvalue weighted by Crippen LogP contribution is 2.24. The molecule has 0 bridgehead atoms. The number of ether oxygens (including phenoxy) is 1. The first-order valence-electron chi connectivity index (χ1n) is 9.91. The molecule has 1 atom stereocenters. The SMILES string of the molecule is O=C(NC1CCN(c2ccccc2)CC1)N1CCOC(c2ccc(Cl)cc2)C1. The van der Waals surface area contributed by atoms with E-state index >= 15 is 0 Å². The number of benzene rings is 2. The summed E-state index contributed by atoms with van der Waals surface area (Å²) in [5, 5.41) is 3.93. The first kappa shape index (κ1) is 19.1. The predicted octanol–water partition coefficient (Wildman–Crippen LogP) is 4.09. The van der Waals surface area contributed by atoms with Crippen molar-refractivity contribution in [3.05, 3.63) is 65.2 Å². The molecule has 148 valence electrons. The molecular formula is C22H26ClN3O2. The number of hydrogen-bond acceptors (Lipinski definition) is 3. The maximum atomic E-state index is 12.8. The van der Waals surface area contributed by atoms with E-state index in [1.165, 1.54) is 5.69 Å². The monoisotopic (exact) mass is 399 g/mol. The molecule has 2 aliphatic heterocycles. The Labute approximate surface area is 171 Å². The largest absolute Gasteiger partial charge is 0.371 e. The molecule has 6 heteroatoms. The van der Waals surface area contributed by atoms with Crippen molar-refractivity contribution in [3.63, 3.8) is 0 Å². The Kier molecular flexibility index (Phi) is 6.03. The van der Waals surface area contributed by atoms with Crippen LogP contribution in [0.1, 0.15) is 24.5 Å². The number of urea groups is 1. The van der Waals surface area contributed by atoms with Gasteiger partial charge in [-0.25, -0.2) is 4.79 Å². The van der Waals surface area contributed by atoms with Gasteiger partial charge in [0.1, 0.15) is 6.10 Å². The molecule has 2 aliphatic rings. The number of amides is 2. The van der Waals surface area contributed by atoms with Gasteiger partial charge in [-0.15, -0.1) is 0 Å². The summed E-state index contributed by atoms with van der Waals surface area (Å²) in [5.74, 6) is 0. The lowest BCUT2D eigenvalue weighted by Crippen LogP contribution is -2.52. The fourth-order valence-corrected chi connectivity index (χ4v) is 4.03. The van der Waals surface area contributed by atoms with Crippen LogP contribution in [0.25, 0.3) is 0 Å². The molecule has 0 saturated carbocycles. The maximum Gasteiger partial charge on any atom is 0.317 e. The van der Waals surface area contributed by atoms with E-state index in [0.29, 0.717) is 24.7 Å². The van der Waals surface area contributed by atoms with Crippen LogP contribution in [0.3, 0.4) is 0 Å². The summed E-state index contributed by atoms with van der Waals surface area (Å²) in [6.45, 7) is 3.67. The summed E-state index contributed by atoms with van der Waals surface area (Å²) in [6.07, 6.45) is 1.83. The first-order chi connectivity index (χ1) is 13.7. The third kappa shape index (κ3) is 4.59. The quantitative estimate of drug-likeness (QED) is 0.845. The number of rotatable bonds is 3. The number of nitrogens with one attached hydrogen (secondary N) is 1. The number of hydrogen-bond donors (Lipinski definition) is 1. The van der Waals surface area contributed by atoms with Crippen molar-refractivity contribution in [3.8, 4) is 0 Å². The van der Waals surface area contributed by atoms with Crippen molar-refractivity contribution in [2.24, 2.45) is 0 Å². The Balaban J connectivity index is 1.28. The summed E-state index contributed by atoms with van der Waals surface area (Å²) in [4.78, 5) is 17.0. The summed E-state index contributed by atoms with van der Waals surface area (Å²) in [7, 11) is 0. The minimum Gasteiger partial charge on any atom is -0.371 e. The van der Waals surface area contributed by atoms with Gasteiger partial charge in [0.2, 0.25) is 0 Å². The van der Waals surface area contributed by atoms with Crippen LogP contribution < -0.4 is 10.2 Å². The molecule has 2 amide bonds. The van der Waals surface area contributed by atoms with Gasteiger partial charge in [0, 0.05) is 36.4 Å². The van der Waals surface area contributed by atoms with Crippen LogP contribution in [0.15, 0.2) is 54.6 Å². The lowest BCUT2D eigenvalue weighted by molar-refractivity contribution is -0.0158. The van der Waals surface area contributed by atoms with E-state index in [4.69, 9.17) is 16.3 Å². The topological polar surface area (TPSA) is 44.8 Å². The highest BCUT2D eigenvalue weighted by Gasteiger charge is 2.28. The number of anilines is 1. The van der Waals surface area contributed by atoms with E-state index in [1.807, 2.05) is 35.2 Å². The molecule has 2 fully saturated rings. The molecule has 2 saturated heterocycles. The summed E-state index contributed by atoms with van der Waals surface area (Å²) >= 11 is 5.97. The second-order valence-corrected chi connectivity index (χ2v) is 7.84. The normalized spacial score (nSPS) is 20.8. The predicted molar refractivity (Wildman–Crippen MR) is 112 cm³/mol. The van der Waals surface area contributed by atoms with Crippen molar-refractivity contribution in [2.45, 2.75) is 25.0 Å². The lowest BCUT2D eigenvalue weighted by atomic mass is 10.0. The first-order valence-corrected chi connectivity index (χ1v) is 10.3. The zero-order chi connectivity index (χ0) is 19.3. The highest BCUT2D eigenvalue weighted by molar-refractivity contribution is 6.30. The molecule has 5 nitrogen and oxygen atoms in total. The van der Waals surface area contributed by atoms with E-state index in [2.05, 4.69) is 34.5 Å². The molecule has 28 heavy (non-hydrogen) atoms. The second kappa shape index (κ2) is 8.84. The molecule has 2 aromatic carbocycles. The number of carbonyl (C=O) groups is 1. The van der Waals surface area contributed by atoms with Gasteiger partial charge in [0.25, 0.3) is 0 Å². The number of piperidine rings is 1. The second-order valence-electron chi connectivity index (χ2n) is 7.40. The smallest absolute Gasteiger partial charge is 0.317 e. The highest BCUT2D eigenvalue weighted by atomic mass is 35.5. The van der Waals surface area contributed by atoms with Crippen LogP contribution in [0.4, 0.5) is 10.5 Å². The fourth-order valence-electron chi connectivity index (χ4n) is 3.90. The zero-order valence-corrected chi connectivity index (χ0v) is 16.6. The Bertz CT molecular complexity index is 776. The van der Waals surface area contributed by atoms with E-state index in [9.17, 15) is 4.79 Å². The van der Waals surface area contributed by atoms with Gasteiger partial charge >= 0.3 is 6.03 Å². The molecule has 1 unspecified atom stereocenters. The van der Waals surface area contributed by atoms with Crippen molar-refractivity contribution < 1.29 is 9.53 Å². The number of halogens is 1. The maximum absolute atomic E-state index is 12.8. The Morgan fingerprint density at radius 1 is 1.00 bits per heavy atom. The number of para-hydroxylation sites is 1. The Morgan fingerprint density at radius 2 is 1.71 bits per heavy atom. The standard InChI is InChI=1S/C22H26ClN3O2/c23-18-8-6-17(7-9-18)21-16-26(14-15-28-21)22(27)24-19-10-12-25(13-11-19)20-4-2-1-3-5-20/h1-9,19,21H,10-16H2,(H,24,27). The molecular weight excluding hydrogens is 374 g/mol. The molecule has 2 aromatic rings.